The summed E-state index contributed by atoms with van der Waals surface area (Å²) >= 11 is 0. The van der Waals surface area contributed by atoms with Crippen LogP contribution in [0.25, 0.3) is 0 Å². The highest BCUT2D eigenvalue weighted by atomic mass is 16.5. The maximum atomic E-state index is 5.42. The standard InChI is InChI=1S/C20H28N6O2/c1-3-18(26-9-13-28-14-10-26)4-2-17(1)24-20-15-19(22-16-23-20)21-5-6-25-7-11-27-12-8-25/h1-4,15-16H,5-14H2,(H2,21,22,23,24). The quantitative estimate of drug-likeness (QED) is 0.749. The Morgan fingerprint density at radius 3 is 2.29 bits per heavy atom. The zero-order chi connectivity index (χ0) is 19.0. The van der Waals surface area contributed by atoms with E-state index < -0.39 is 0 Å². The van der Waals surface area contributed by atoms with Gasteiger partial charge in [-0.1, -0.05) is 0 Å². The van der Waals surface area contributed by atoms with Crippen LogP contribution in [0, 0.1) is 0 Å². The van der Waals surface area contributed by atoms with Gasteiger partial charge in [0.2, 0.25) is 0 Å². The summed E-state index contributed by atoms with van der Waals surface area (Å²) in [5, 5.41) is 6.73. The molecule has 150 valence electrons. The summed E-state index contributed by atoms with van der Waals surface area (Å²) in [6.07, 6.45) is 1.58. The van der Waals surface area contributed by atoms with Crippen molar-refractivity contribution in [3.63, 3.8) is 0 Å². The molecule has 0 unspecified atom stereocenters. The highest BCUT2D eigenvalue weighted by Crippen LogP contribution is 2.21. The lowest BCUT2D eigenvalue weighted by Gasteiger charge is -2.28. The van der Waals surface area contributed by atoms with Crippen molar-refractivity contribution < 1.29 is 9.47 Å². The molecule has 0 atom stereocenters. The Morgan fingerprint density at radius 2 is 1.54 bits per heavy atom. The topological polar surface area (TPSA) is 74.8 Å². The molecule has 2 fully saturated rings. The Bertz CT molecular complexity index is 730. The van der Waals surface area contributed by atoms with Crippen LogP contribution in [-0.4, -0.2) is 80.6 Å². The molecule has 0 radical (unpaired) electrons. The number of morpholine rings is 2. The molecule has 2 aliphatic rings. The fraction of sp³-hybridized carbons (Fsp3) is 0.500. The van der Waals surface area contributed by atoms with E-state index in [1.54, 1.807) is 6.33 Å². The van der Waals surface area contributed by atoms with E-state index in [1.807, 2.05) is 6.07 Å². The van der Waals surface area contributed by atoms with Crippen molar-refractivity contribution in [1.82, 2.24) is 14.9 Å². The van der Waals surface area contributed by atoms with Crippen molar-refractivity contribution in [3.8, 4) is 0 Å². The molecule has 2 aliphatic heterocycles. The number of nitrogens with zero attached hydrogens (tertiary/aromatic N) is 4. The van der Waals surface area contributed by atoms with Crippen molar-refractivity contribution in [2.45, 2.75) is 0 Å². The second kappa shape index (κ2) is 9.68. The second-order valence-electron chi connectivity index (χ2n) is 6.94. The Hall–Kier alpha value is -2.42. The summed E-state index contributed by atoms with van der Waals surface area (Å²) < 4.78 is 10.8. The van der Waals surface area contributed by atoms with Gasteiger partial charge in [0.1, 0.15) is 18.0 Å². The lowest BCUT2D eigenvalue weighted by Crippen LogP contribution is -2.39. The summed E-state index contributed by atoms with van der Waals surface area (Å²) in [5.41, 5.74) is 2.23. The number of hydrogen-bond donors (Lipinski definition) is 2. The Morgan fingerprint density at radius 1 is 0.857 bits per heavy atom. The molecule has 8 heteroatoms. The van der Waals surface area contributed by atoms with Gasteiger partial charge < -0.3 is 25.0 Å². The van der Waals surface area contributed by atoms with Gasteiger partial charge in [-0.2, -0.15) is 0 Å². The van der Waals surface area contributed by atoms with E-state index in [0.717, 1.165) is 83.0 Å². The van der Waals surface area contributed by atoms with Crippen LogP contribution in [0.2, 0.25) is 0 Å². The smallest absolute Gasteiger partial charge is 0.135 e. The van der Waals surface area contributed by atoms with E-state index in [9.17, 15) is 0 Å². The van der Waals surface area contributed by atoms with Crippen molar-refractivity contribution in [2.24, 2.45) is 0 Å². The minimum absolute atomic E-state index is 0.781. The average Bonchev–Trinajstić information content (AvgIpc) is 2.76. The van der Waals surface area contributed by atoms with Crippen molar-refractivity contribution >= 4 is 23.0 Å². The van der Waals surface area contributed by atoms with Gasteiger partial charge in [-0.25, -0.2) is 9.97 Å². The van der Waals surface area contributed by atoms with Crippen LogP contribution in [0.1, 0.15) is 0 Å². The molecular weight excluding hydrogens is 356 g/mol. The molecule has 0 bridgehead atoms. The largest absolute Gasteiger partial charge is 0.379 e. The normalized spacial score (nSPS) is 18.1. The number of ether oxygens (including phenoxy) is 2. The third kappa shape index (κ3) is 5.31. The SMILES string of the molecule is c1nc(NCCN2CCOCC2)cc(Nc2ccc(N3CCOCC3)cc2)n1. The fourth-order valence-electron chi connectivity index (χ4n) is 3.41. The molecule has 1 aromatic heterocycles. The molecule has 1 aromatic carbocycles. The average molecular weight is 384 g/mol. The molecule has 0 amide bonds. The van der Waals surface area contributed by atoms with E-state index in [0.29, 0.717) is 0 Å². The van der Waals surface area contributed by atoms with Crippen molar-refractivity contribution in [1.29, 1.82) is 0 Å². The minimum Gasteiger partial charge on any atom is -0.379 e. The zero-order valence-electron chi connectivity index (χ0n) is 16.1. The van der Waals surface area contributed by atoms with E-state index in [2.05, 4.69) is 54.7 Å². The first-order chi connectivity index (χ1) is 13.9. The third-order valence-corrected chi connectivity index (χ3v) is 5.02. The van der Waals surface area contributed by atoms with Gasteiger partial charge in [0.15, 0.2) is 0 Å². The number of aromatic nitrogens is 2. The van der Waals surface area contributed by atoms with Crippen molar-refractivity contribution in [3.05, 3.63) is 36.7 Å². The molecule has 3 heterocycles. The fourth-order valence-corrected chi connectivity index (χ4v) is 3.41. The molecule has 4 rings (SSSR count). The van der Waals surface area contributed by atoms with Gasteiger partial charge in [-0.05, 0) is 24.3 Å². The first-order valence-corrected chi connectivity index (χ1v) is 9.93. The van der Waals surface area contributed by atoms with E-state index in [1.165, 1.54) is 5.69 Å². The maximum absolute atomic E-state index is 5.42. The summed E-state index contributed by atoms with van der Waals surface area (Å²) in [4.78, 5) is 13.4. The first-order valence-electron chi connectivity index (χ1n) is 9.93. The van der Waals surface area contributed by atoms with Crippen LogP contribution in [0.4, 0.5) is 23.0 Å². The Labute approximate surface area is 165 Å². The van der Waals surface area contributed by atoms with Gasteiger partial charge >= 0.3 is 0 Å². The molecule has 0 saturated carbocycles. The summed E-state index contributed by atoms with van der Waals surface area (Å²) in [7, 11) is 0. The predicted octanol–water partition coefficient (Wildman–Crippen LogP) is 1.80. The van der Waals surface area contributed by atoms with E-state index in [4.69, 9.17) is 9.47 Å². The van der Waals surface area contributed by atoms with E-state index >= 15 is 0 Å². The molecule has 8 nitrogen and oxygen atoms in total. The molecule has 2 aromatic rings. The second-order valence-corrected chi connectivity index (χ2v) is 6.94. The zero-order valence-corrected chi connectivity index (χ0v) is 16.1. The lowest BCUT2D eigenvalue weighted by atomic mass is 10.2. The Balaban J connectivity index is 1.29. The number of benzene rings is 1. The van der Waals surface area contributed by atoms with Crippen LogP contribution >= 0.6 is 0 Å². The molecular formula is C20H28N6O2. The minimum atomic E-state index is 0.781. The molecule has 0 spiro atoms. The van der Waals surface area contributed by atoms with E-state index in [-0.39, 0.29) is 0 Å². The van der Waals surface area contributed by atoms with Crippen LogP contribution in [0.15, 0.2) is 36.7 Å². The first kappa shape index (κ1) is 18.9. The summed E-state index contributed by atoms with van der Waals surface area (Å²) in [6.45, 7) is 8.96. The number of rotatable bonds is 7. The highest BCUT2D eigenvalue weighted by molar-refractivity contribution is 5.62. The molecule has 28 heavy (non-hydrogen) atoms. The van der Waals surface area contributed by atoms with Gasteiger partial charge in [-0.3, -0.25) is 4.90 Å². The monoisotopic (exact) mass is 384 g/mol. The lowest BCUT2D eigenvalue weighted by molar-refractivity contribution is 0.0398. The van der Waals surface area contributed by atoms with Gasteiger partial charge in [-0.15, -0.1) is 0 Å². The van der Waals surface area contributed by atoms with Crippen molar-refractivity contribution in [2.75, 3.05) is 81.2 Å². The summed E-state index contributed by atoms with van der Waals surface area (Å²) in [6, 6.07) is 10.4. The summed E-state index contributed by atoms with van der Waals surface area (Å²) in [5.74, 6) is 1.61. The molecule has 2 saturated heterocycles. The number of hydrogen-bond acceptors (Lipinski definition) is 8. The van der Waals surface area contributed by atoms with Gasteiger partial charge in [0.05, 0.1) is 26.4 Å². The number of nitrogens with one attached hydrogen (secondary N) is 2. The molecule has 0 aliphatic carbocycles. The number of anilines is 4. The van der Waals surface area contributed by atoms with Crippen LogP contribution in [-0.2, 0) is 9.47 Å². The van der Waals surface area contributed by atoms with Crippen LogP contribution in [0.5, 0.6) is 0 Å². The van der Waals surface area contributed by atoms with Gasteiger partial charge in [0, 0.05) is 56.7 Å². The van der Waals surface area contributed by atoms with Gasteiger partial charge in [0.25, 0.3) is 0 Å². The highest BCUT2D eigenvalue weighted by Gasteiger charge is 2.11. The van der Waals surface area contributed by atoms with Crippen LogP contribution in [0.3, 0.4) is 0 Å². The maximum Gasteiger partial charge on any atom is 0.135 e. The van der Waals surface area contributed by atoms with Crippen LogP contribution < -0.4 is 15.5 Å². The Kier molecular flexibility index (Phi) is 6.54. The predicted molar refractivity (Wildman–Crippen MR) is 111 cm³/mol. The third-order valence-electron chi connectivity index (χ3n) is 5.02. The molecule has 2 N–H and O–H groups in total.